The Labute approximate surface area is 70.1 Å². The van der Waals surface area contributed by atoms with Gasteiger partial charge in [-0.15, -0.1) is 11.6 Å². The van der Waals surface area contributed by atoms with Crippen molar-refractivity contribution in [3.63, 3.8) is 0 Å². The third kappa shape index (κ3) is 1.06. The predicted molar refractivity (Wildman–Crippen MR) is 41.8 cm³/mol. The third-order valence-electron chi connectivity index (χ3n) is 1.84. The summed E-state index contributed by atoms with van der Waals surface area (Å²) < 4.78 is 10.4. The van der Waals surface area contributed by atoms with Gasteiger partial charge < -0.3 is 9.15 Å². The van der Waals surface area contributed by atoms with E-state index in [1.807, 2.05) is 19.1 Å². The molecule has 0 radical (unpaired) electrons. The zero-order valence-electron chi connectivity index (χ0n) is 6.26. The molecule has 1 aliphatic heterocycles. The number of halogens is 1. The van der Waals surface area contributed by atoms with Gasteiger partial charge in [-0.2, -0.15) is 0 Å². The van der Waals surface area contributed by atoms with Crippen LogP contribution >= 0.6 is 11.6 Å². The molecule has 0 atom stereocenters. The van der Waals surface area contributed by atoms with E-state index in [9.17, 15) is 0 Å². The fourth-order valence-electron chi connectivity index (χ4n) is 1.10. The van der Waals surface area contributed by atoms with Crippen LogP contribution in [0.2, 0.25) is 0 Å². The Morgan fingerprint density at radius 2 is 2.18 bits per heavy atom. The first-order chi connectivity index (χ1) is 5.21. The number of alkyl halides is 1. The van der Waals surface area contributed by atoms with E-state index in [0.29, 0.717) is 13.2 Å². The van der Waals surface area contributed by atoms with E-state index >= 15 is 0 Å². The Bertz CT molecular complexity index is 263. The molecular formula is C8H9ClO2. The minimum absolute atomic E-state index is 0.381. The minimum atomic E-state index is -0.381. The van der Waals surface area contributed by atoms with Gasteiger partial charge in [0.15, 0.2) is 0 Å². The molecule has 1 aliphatic rings. The first kappa shape index (κ1) is 7.19. The van der Waals surface area contributed by atoms with Crippen molar-refractivity contribution in [2.45, 2.75) is 11.8 Å². The van der Waals surface area contributed by atoms with E-state index in [1.54, 1.807) is 0 Å². The van der Waals surface area contributed by atoms with Crippen molar-refractivity contribution < 1.29 is 9.15 Å². The highest BCUT2D eigenvalue weighted by atomic mass is 35.5. The Balaban J connectivity index is 2.28. The molecule has 3 heteroatoms. The van der Waals surface area contributed by atoms with E-state index in [1.165, 1.54) is 0 Å². The van der Waals surface area contributed by atoms with Crippen LogP contribution in [-0.4, -0.2) is 13.2 Å². The van der Waals surface area contributed by atoms with Crippen LogP contribution in [0, 0.1) is 6.92 Å². The SMILES string of the molecule is Cc1ccc(C2(Cl)COC2)o1. The lowest BCUT2D eigenvalue weighted by Crippen LogP contribution is -2.41. The molecule has 0 amide bonds. The van der Waals surface area contributed by atoms with Crippen LogP contribution < -0.4 is 0 Å². The standard InChI is InChI=1S/C8H9ClO2/c1-6-2-3-7(11-6)8(9)4-10-5-8/h2-3H,4-5H2,1H3. The van der Waals surface area contributed by atoms with Crippen LogP contribution in [-0.2, 0) is 9.61 Å². The van der Waals surface area contributed by atoms with Gasteiger partial charge in [0.05, 0.1) is 13.2 Å². The van der Waals surface area contributed by atoms with E-state index < -0.39 is 0 Å². The number of aryl methyl sites for hydroxylation is 1. The van der Waals surface area contributed by atoms with Crippen molar-refractivity contribution in [2.24, 2.45) is 0 Å². The predicted octanol–water partition coefficient (Wildman–Crippen LogP) is 2.05. The van der Waals surface area contributed by atoms with Gasteiger partial charge in [-0.05, 0) is 19.1 Å². The minimum Gasteiger partial charge on any atom is -0.464 e. The number of hydrogen-bond acceptors (Lipinski definition) is 2. The second kappa shape index (κ2) is 2.26. The summed E-state index contributed by atoms with van der Waals surface area (Å²) in [5.74, 6) is 1.72. The molecule has 2 heterocycles. The van der Waals surface area contributed by atoms with Crippen LogP contribution in [0.4, 0.5) is 0 Å². The first-order valence-corrected chi connectivity index (χ1v) is 3.92. The second-order valence-electron chi connectivity index (χ2n) is 2.87. The fourth-order valence-corrected chi connectivity index (χ4v) is 1.35. The average Bonchev–Trinajstić information content (AvgIpc) is 2.31. The molecule has 1 aromatic heterocycles. The molecule has 0 N–H and O–H groups in total. The van der Waals surface area contributed by atoms with Crippen LogP contribution in [0.15, 0.2) is 16.5 Å². The lowest BCUT2D eigenvalue weighted by Gasteiger charge is -2.33. The third-order valence-corrected chi connectivity index (χ3v) is 2.25. The maximum Gasteiger partial charge on any atom is 0.148 e. The van der Waals surface area contributed by atoms with Gasteiger partial charge >= 0.3 is 0 Å². The van der Waals surface area contributed by atoms with Gasteiger partial charge in [0.25, 0.3) is 0 Å². The highest BCUT2D eigenvalue weighted by Gasteiger charge is 2.41. The summed E-state index contributed by atoms with van der Waals surface area (Å²) in [6.07, 6.45) is 0. The van der Waals surface area contributed by atoms with E-state index in [0.717, 1.165) is 11.5 Å². The van der Waals surface area contributed by atoms with Crippen LogP contribution in [0.25, 0.3) is 0 Å². The van der Waals surface area contributed by atoms with Crippen molar-refractivity contribution in [2.75, 3.05) is 13.2 Å². The molecule has 0 spiro atoms. The molecule has 1 fully saturated rings. The molecule has 0 bridgehead atoms. The maximum atomic E-state index is 6.13. The Morgan fingerprint density at radius 1 is 1.45 bits per heavy atom. The van der Waals surface area contributed by atoms with Crippen molar-refractivity contribution >= 4 is 11.6 Å². The van der Waals surface area contributed by atoms with Crippen LogP contribution in [0.1, 0.15) is 11.5 Å². The zero-order chi connectivity index (χ0) is 7.90. The molecular weight excluding hydrogens is 164 g/mol. The largest absolute Gasteiger partial charge is 0.464 e. The highest BCUT2D eigenvalue weighted by molar-refractivity contribution is 6.24. The van der Waals surface area contributed by atoms with E-state index in [4.69, 9.17) is 20.8 Å². The quantitative estimate of drug-likeness (QED) is 0.605. The Hall–Kier alpha value is -0.470. The van der Waals surface area contributed by atoms with Gasteiger partial charge in [-0.3, -0.25) is 0 Å². The van der Waals surface area contributed by atoms with E-state index in [2.05, 4.69) is 0 Å². The maximum absolute atomic E-state index is 6.13. The van der Waals surface area contributed by atoms with Crippen molar-refractivity contribution in [1.82, 2.24) is 0 Å². The number of rotatable bonds is 1. The monoisotopic (exact) mass is 172 g/mol. The lowest BCUT2D eigenvalue weighted by atomic mass is 10.0. The lowest BCUT2D eigenvalue weighted by molar-refractivity contribution is -0.0246. The number of furan rings is 1. The van der Waals surface area contributed by atoms with Gasteiger partial charge in [0.1, 0.15) is 16.4 Å². The first-order valence-electron chi connectivity index (χ1n) is 3.54. The molecule has 60 valence electrons. The summed E-state index contributed by atoms with van der Waals surface area (Å²) in [5.41, 5.74) is 0. The van der Waals surface area contributed by atoms with Crippen LogP contribution in [0.5, 0.6) is 0 Å². The topological polar surface area (TPSA) is 22.4 Å². The molecule has 2 rings (SSSR count). The van der Waals surface area contributed by atoms with Crippen molar-refractivity contribution in [3.8, 4) is 0 Å². The molecule has 0 saturated carbocycles. The zero-order valence-corrected chi connectivity index (χ0v) is 7.02. The van der Waals surface area contributed by atoms with Gasteiger partial charge in [0.2, 0.25) is 0 Å². The van der Waals surface area contributed by atoms with Crippen LogP contribution in [0.3, 0.4) is 0 Å². The molecule has 1 saturated heterocycles. The van der Waals surface area contributed by atoms with E-state index in [-0.39, 0.29) is 4.87 Å². The normalized spacial score (nSPS) is 21.3. The summed E-state index contributed by atoms with van der Waals surface area (Å²) in [6.45, 7) is 3.02. The van der Waals surface area contributed by atoms with Crippen molar-refractivity contribution in [3.05, 3.63) is 23.7 Å². The van der Waals surface area contributed by atoms with Gasteiger partial charge in [-0.25, -0.2) is 0 Å². The molecule has 0 aliphatic carbocycles. The second-order valence-corrected chi connectivity index (χ2v) is 3.59. The molecule has 2 nitrogen and oxygen atoms in total. The Morgan fingerprint density at radius 3 is 2.55 bits per heavy atom. The molecule has 0 aromatic carbocycles. The molecule has 0 unspecified atom stereocenters. The fraction of sp³-hybridized carbons (Fsp3) is 0.500. The molecule has 1 aromatic rings. The highest BCUT2D eigenvalue weighted by Crippen LogP contribution is 2.37. The summed E-state index contributed by atoms with van der Waals surface area (Å²) in [6, 6.07) is 3.82. The molecule has 11 heavy (non-hydrogen) atoms. The van der Waals surface area contributed by atoms with Gasteiger partial charge in [0, 0.05) is 0 Å². The Kier molecular flexibility index (Phi) is 1.48. The number of hydrogen-bond donors (Lipinski definition) is 0. The van der Waals surface area contributed by atoms with Crippen molar-refractivity contribution in [1.29, 1.82) is 0 Å². The summed E-state index contributed by atoms with van der Waals surface area (Å²) in [5, 5.41) is 0. The smallest absolute Gasteiger partial charge is 0.148 e. The summed E-state index contributed by atoms with van der Waals surface area (Å²) in [4.78, 5) is -0.381. The summed E-state index contributed by atoms with van der Waals surface area (Å²) in [7, 11) is 0. The average molecular weight is 173 g/mol. The number of ether oxygens (including phenoxy) is 1. The van der Waals surface area contributed by atoms with Gasteiger partial charge in [-0.1, -0.05) is 0 Å². The summed E-state index contributed by atoms with van der Waals surface area (Å²) >= 11 is 6.13.